The minimum atomic E-state index is -4.29. The molecule has 0 fully saturated rings. The van der Waals surface area contributed by atoms with E-state index < -0.39 is 27.9 Å². The minimum Gasteiger partial charge on any atom is -0.480 e. The molecule has 134 valence electrons. The molecule has 0 spiro atoms. The molecule has 1 unspecified atom stereocenters. The molecule has 8 nitrogen and oxygen atoms in total. The number of hydrogen-bond donors (Lipinski definition) is 1. The van der Waals surface area contributed by atoms with Gasteiger partial charge in [0, 0.05) is 0 Å². The second kappa shape index (κ2) is 6.04. The van der Waals surface area contributed by atoms with Crippen molar-refractivity contribution in [2.45, 2.75) is 37.9 Å². The van der Waals surface area contributed by atoms with Crippen molar-refractivity contribution in [1.29, 1.82) is 0 Å². The summed E-state index contributed by atoms with van der Waals surface area (Å²) >= 11 is 5.91. The summed E-state index contributed by atoms with van der Waals surface area (Å²) in [5, 5.41) is 16.9. The molecule has 2 heterocycles. The van der Waals surface area contributed by atoms with Crippen LogP contribution in [0.2, 0.25) is 5.02 Å². The molecular weight excluding hydrogens is 375 g/mol. The Bertz CT molecular complexity index is 975. The lowest BCUT2D eigenvalue weighted by Crippen LogP contribution is -2.50. The van der Waals surface area contributed by atoms with E-state index in [-0.39, 0.29) is 28.6 Å². The minimum absolute atomic E-state index is 0.0888. The number of sulfonamides is 1. The molecular formula is C14H14ClFN4O4S. The van der Waals surface area contributed by atoms with Gasteiger partial charge in [0.1, 0.15) is 28.4 Å². The monoisotopic (exact) mass is 388 g/mol. The molecule has 0 bridgehead atoms. The maximum atomic E-state index is 13.6. The first-order valence-electron chi connectivity index (χ1n) is 7.22. The average Bonchev–Trinajstić information content (AvgIpc) is 2.90. The average molecular weight is 389 g/mol. The Balaban J connectivity index is 2.12. The molecule has 0 saturated heterocycles. The van der Waals surface area contributed by atoms with Crippen LogP contribution in [0.5, 0.6) is 0 Å². The normalized spacial score (nSPS) is 18.2. The Morgan fingerprint density at radius 3 is 2.68 bits per heavy atom. The van der Waals surface area contributed by atoms with E-state index in [0.717, 1.165) is 16.4 Å². The lowest BCUT2D eigenvalue weighted by Gasteiger charge is -2.32. The standard InChI is InChI=1S/C14H14ClFN4O4S/c1-7-3-12(9(15)4-10(7)16)25(23,24)20-6-13-18-17-8(2)19(13)5-11(20)14(21)22/h3-4,11H,5-6H2,1-2H3,(H,21,22). The molecule has 1 aliphatic rings. The predicted octanol–water partition coefficient (Wildman–Crippen LogP) is 1.35. The summed E-state index contributed by atoms with van der Waals surface area (Å²) in [6.07, 6.45) is 0. The smallest absolute Gasteiger partial charge is 0.323 e. The molecule has 0 amide bonds. The molecule has 1 N–H and O–H groups in total. The fraction of sp³-hybridized carbons (Fsp3) is 0.357. The first kappa shape index (κ1) is 17.8. The van der Waals surface area contributed by atoms with Crippen LogP contribution in [-0.2, 0) is 27.9 Å². The highest BCUT2D eigenvalue weighted by Crippen LogP contribution is 2.31. The molecule has 1 aromatic carbocycles. The van der Waals surface area contributed by atoms with E-state index in [9.17, 15) is 22.7 Å². The Morgan fingerprint density at radius 2 is 2.04 bits per heavy atom. The Kier molecular flexibility index (Phi) is 4.30. The molecule has 3 rings (SSSR count). The highest BCUT2D eigenvalue weighted by molar-refractivity contribution is 7.89. The largest absolute Gasteiger partial charge is 0.480 e. The summed E-state index contributed by atoms with van der Waals surface area (Å²) in [5.41, 5.74) is 0.0888. The number of aryl methyl sites for hydroxylation is 2. The van der Waals surface area contributed by atoms with Gasteiger partial charge in [-0.25, -0.2) is 12.8 Å². The number of benzene rings is 1. The van der Waals surface area contributed by atoms with Crippen LogP contribution in [0.15, 0.2) is 17.0 Å². The Labute approximate surface area is 147 Å². The van der Waals surface area contributed by atoms with Crippen molar-refractivity contribution in [2.24, 2.45) is 0 Å². The zero-order chi connectivity index (χ0) is 18.5. The lowest BCUT2D eigenvalue weighted by molar-refractivity contribution is -0.142. The second-order valence-electron chi connectivity index (χ2n) is 5.71. The van der Waals surface area contributed by atoms with E-state index in [0.29, 0.717) is 11.6 Å². The van der Waals surface area contributed by atoms with Crippen molar-refractivity contribution in [2.75, 3.05) is 0 Å². The summed E-state index contributed by atoms with van der Waals surface area (Å²) in [6, 6.07) is 0.640. The Hall–Kier alpha value is -2.04. The summed E-state index contributed by atoms with van der Waals surface area (Å²) in [6.45, 7) is 2.66. The summed E-state index contributed by atoms with van der Waals surface area (Å²) in [4.78, 5) is 11.3. The van der Waals surface area contributed by atoms with Crippen molar-refractivity contribution in [1.82, 2.24) is 19.1 Å². The van der Waals surface area contributed by atoms with Gasteiger partial charge in [-0.2, -0.15) is 4.31 Å². The highest BCUT2D eigenvalue weighted by Gasteiger charge is 2.42. The highest BCUT2D eigenvalue weighted by atomic mass is 35.5. The van der Waals surface area contributed by atoms with E-state index >= 15 is 0 Å². The molecule has 1 aliphatic heterocycles. The van der Waals surface area contributed by atoms with Gasteiger partial charge in [0.25, 0.3) is 0 Å². The van der Waals surface area contributed by atoms with Gasteiger partial charge >= 0.3 is 5.97 Å². The van der Waals surface area contributed by atoms with Crippen molar-refractivity contribution < 1.29 is 22.7 Å². The maximum Gasteiger partial charge on any atom is 0.323 e. The van der Waals surface area contributed by atoms with Gasteiger partial charge in [-0.3, -0.25) is 4.79 Å². The number of halogens is 2. The van der Waals surface area contributed by atoms with E-state index in [2.05, 4.69) is 10.2 Å². The van der Waals surface area contributed by atoms with Crippen LogP contribution in [0.25, 0.3) is 0 Å². The van der Waals surface area contributed by atoms with Crippen molar-refractivity contribution in [3.63, 3.8) is 0 Å². The predicted molar refractivity (Wildman–Crippen MR) is 85.1 cm³/mol. The van der Waals surface area contributed by atoms with Gasteiger partial charge in [-0.15, -0.1) is 10.2 Å². The van der Waals surface area contributed by atoms with Crippen LogP contribution in [0, 0.1) is 19.7 Å². The van der Waals surface area contributed by atoms with Gasteiger partial charge in [-0.05, 0) is 31.5 Å². The number of aliphatic carboxylic acids is 1. The van der Waals surface area contributed by atoms with Gasteiger partial charge in [0.15, 0.2) is 0 Å². The number of fused-ring (bicyclic) bond motifs is 1. The van der Waals surface area contributed by atoms with Crippen molar-refractivity contribution in [3.8, 4) is 0 Å². The first-order chi connectivity index (χ1) is 11.6. The molecule has 0 aliphatic carbocycles. The van der Waals surface area contributed by atoms with Crippen molar-refractivity contribution >= 4 is 27.6 Å². The van der Waals surface area contributed by atoms with Gasteiger partial charge < -0.3 is 9.67 Å². The number of carboxylic acids is 1. The van der Waals surface area contributed by atoms with Crippen LogP contribution in [-0.4, -0.2) is 44.6 Å². The number of nitrogens with zero attached hydrogens (tertiary/aromatic N) is 4. The maximum absolute atomic E-state index is 13.6. The van der Waals surface area contributed by atoms with Crippen LogP contribution in [0.1, 0.15) is 17.2 Å². The Morgan fingerprint density at radius 1 is 1.36 bits per heavy atom. The quantitative estimate of drug-likeness (QED) is 0.850. The molecule has 11 heteroatoms. The second-order valence-corrected chi connectivity index (χ2v) is 7.98. The summed E-state index contributed by atoms with van der Waals surface area (Å²) in [7, 11) is -4.29. The zero-order valence-corrected chi connectivity index (χ0v) is 14.8. The molecule has 2 aromatic rings. The SMILES string of the molecule is Cc1cc(S(=O)(=O)N2Cc3nnc(C)n3CC2C(=O)O)c(Cl)cc1F. The van der Waals surface area contributed by atoms with Gasteiger partial charge in [0.05, 0.1) is 18.1 Å². The number of carboxylic acid groups (broad SMARTS) is 1. The molecule has 0 radical (unpaired) electrons. The van der Waals surface area contributed by atoms with Crippen LogP contribution in [0.4, 0.5) is 4.39 Å². The third-order valence-corrected chi connectivity index (χ3v) is 6.42. The number of rotatable bonds is 3. The third kappa shape index (κ3) is 2.90. The summed E-state index contributed by atoms with van der Waals surface area (Å²) in [5.74, 6) is -1.13. The van der Waals surface area contributed by atoms with Gasteiger partial charge in [-0.1, -0.05) is 11.6 Å². The molecule has 1 aromatic heterocycles. The number of carbonyl (C=O) groups is 1. The lowest BCUT2D eigenvalue weighted by atomic mass is 10.2. The van der Waals surface area contributed by atoms with Gasteiger partial charge in [0.2, 0.25) is 10.0 Å². The van der Waals surface area contributed by atoms with Crippen LogP contribution >= 0.6 is 11.6 Å². The van der Waals surface area contributed by atoms with E-state index in [4.69, 9.17) is 11.6 Å². The topological polar surface area (TPSA) is 105 Å². The number of aromatic nitrogens is 3. The van der Waals surface area contributed by atoms with E-state index in [1.54, 1.807) is 11.5 Å². The third-order valence-electron chi connectivity index (χ3n) is 4.10. The van der Waals surface area contributed by atoms with Crippen molar-refractivity contribution in [3.05, 3.63) is 40.2 Å². The first-order valence-corrected chi connectivity index (χ1v) is 9.03. The molecule has 25 heavy (non-hydrogen) atoms. The fourth-order valence-electron chi connectivity index (χ4n) is 2.70. The summed E-state index contributed by atoms with van der Waals surface area (Å²) < 4.78 is 41.9. The molecule has 0 saturated carbocycles. The van der Waals surface area contributed by atoms with Crippen LogP contribution in [0.3, 0.4) is 0 Å². The van der Waals surface area contributed by atoms with E-state index in [1.807, 2.05) is 0 Å². The molecule has 1 atom stereocenters. The fourth-order valence-corrected chi connectivity index (χ4v) is 4.81. The number of hydrogen-bond acceptors (Lipinski definition) is 5. The van der Waals surface area contributed by atoms with E-state index in [1.165, 1.54) is 6.92 Å². The zero-order valence-electron chi connectivity index (χ0n) is 13.3. The van der Waals surface area contributed by atoms with Crippen LogP contribution < -0.4 is 0 Å².